The molecule has 2 heterocycles. The van der Waals surface area contributed by atoms with E-state index in [4.69, 9.17) is 4.52 Å². The predicted molar refractivity (Wildman–Crippen MR) is 54.7 cm³/mol. The van der Waals surface area contributed by atoms with Crippen LogP contribution in [0.15, 0.2) is 15.7 Å². The summed E-state index contributed by atoms with van der Waals surface area (Å²) < 4.78 is 4.82. The van der Waals surface area contributed by atoms with Crippen LogP contribution < -0.4 is 10.7 Å². The Kier molecular flexibility index (Phi) is 2.67. The van der Waals surface area contributed by atoms with Crippen molar-refractivity contribution in [1.29, 1.82) is 0 Å². The second kappa shape index (κ2) is 4.13. The smallest absolute Gasteiger partial charge is 0.274 e. The van der Waals surface area contributed by atoms with Gasteiger partial charge >= 0.3 is 0 Å². The minimum Gasteiger partial charge on any atom is -0.338 e. The zero-order valence-corrected chi connectivity index (χ0v) is 8.61. The summed E-state index contributed by atoms with van der Waals surface area (Å²) in [6, 6.07) is 1.60. The van der Waals surface area contributed by atoms with Gasteiger partial charge in [0.1, 0.15) is 5.71 Å². The number of nitrogens with one attached hydrogen (secondary N) is 2. The number of amides is 2. The van der Waals surface area contributed by atoms with Gasteiger partial charge < -0.3 is 4.52 Å². The summed E-state index contributed by atoms with van der Waals surface area (Å²) in [6.45, 7) is 1.75. The Bertz CT molecular complexity index is 463. The van der Waals surface area contributed by atoms with Crippen LogP contribution in [0.1, 0.15) is 18.5 Å². The highest BCUT2D eigenvalue weighted by Gasteiger charge is 2.19. The summed E-state index contributed by atoms with van der Waals surface area (Å²) >= 11 is 0. The van der Waals surface area contributed by atoms with Crippen molar-refractivity contribution in [3.05, 3.63) is 11.8 Å². The lowest BCUT2D eigenvalue weighted by Gasteiger charge is -2.10. The highest BCUT2D eigenvalue weighted by Crippen LogP contribution is 2.09. The first-order chi connectivity index (χ1) is 7.65. The number of anilines is 1. The van der Waals surface area contributed by atoms with Gasteiger partial charge in [-0.3, -0.25) is 14.9 Å². The maximum absolute atomic E-state index is 11.6. The van der Waals surface area contributed by atoms with Crippen LogP contribution in [-0.2, 0) is 9.59 Å². The van der Waals surface area contributed by atoms with Crippen LogP contribution in [0.4, 0.5) is 5.88 Å². The minimum absolute atomic E-state index is 0.188. The Hall–Kier alpha value is -2.18. The van der Waals surface area contributed by atoms with E-state index in [1.807, 2.05) is 0 Å². The quantitative estimate of drug-likeness (QED) is 0.746. The van der Waals surface area contributed by atoms with Gasteiger partial charge in [-0.1, -0.05) is 5.16 Å². The molecule has 0 atom stereocenters. The molecule has 0 aromatic carbocycles. The molecular weight excluding hydrogens is 212 g/mol. The molecule has 2 rings (SSSR count). The van der Waals surface area contributed by atoms with E-state index < -0.39 is 5.91 Å². The van der Waals surface area contributed by atoms with Crippen molar-refractivity contribution in [2.75, 3.05) is 5.32 Å². The number of rotatable bonds is 2. The van der Waals surface area contributed by atoms with Gasteiger partial charge in [0.2, 0.25) is 11.8 Å². The van der Waals surface area contributed by atoms with E-state index in [-0.39, 0.29) is 23.9 Å². The van der Waals surface area contributed by atoms with E-state index in [1.54, 1.807) is 13.0 Å². The predicted octanol–water partition coefficient (Wildman–Crippen LogP) is 0.188. The van der Waals surface area contributed by atoms with Crippen molar-refractivity contribution in [3.8, 4) is 0 Å². The Balaban J connectivity index is 2.01. The van der Waals surface area contributed by atoms with E-state index in [2.05, 4.69) is 21.0 Å². The van der Waals surface area contributed by atoms with Gasteiger partial charge in [-0.15, -0.1) is 0 Å². The Labute approximate surface area is 90.9 Å². The molecule has 1 aliphatic rings. The lowest BCUT2D eigenvalue weighted by atomic mass is 10.1. The molecule has 1 aromatic rings. The average molecular weight is 222 g/mol. The fourth-order valence-corrected chi connectivity index (χ4v) is 1.24. The van der Waals surface area contributed by atoms with Crippen molar-refractivity contribution < 1.29 is 14.1 Å². The number of hydrazone groups is 1. The van der Waals surface area contributed by atoms with Crippen molar-refractivity contribution in [2.45, 2.75) is 19.8 Å². The van der Waals surface area contributed by atoms with Gasteiger partial charge in [-0.25, -0.2) is 5.43 Å². The van der Waals surface area contributed by atoms with Crippen molar-refractivity contribution in [1.82, 2.24) is 10.6 Å². The van der Waals surface area contributed by atoms with E-state index in [0.29, 0.717) is 12.1 Å². The molecule has 0 bridgehead atoms. The number of hydrogen-bond acceptors (Lipinski definition) is 5. The molecule has 1 aliphatic heterocycles. The first kappa shape index (κ1) is 10.3. The van der Waals surface area contributed by atoms with Crippen LogP contribution >= 0.6 is 0 Å². The van der Waals surface area contributed by atoms with Crippen LogP contribution in [0.5, 0.6) is 0 Å². The SMILES string of the molecule is Cc1cc(NC(=O)C2=NNC(=O)CC2)on1. The third-order valence-electron chi connectivity index (χ3n) is 2.03. The van der Waals surface area contributed by atoms with Gasteiger partial charge in [0.25, 0.3) is 5.91 Å². The van der Waals surface area contributed by atoms with Gasteiger partial charge in [-0.05, 0) is 6.92 Å². The second-order valence-corrected chi connectivity index (χ2v) is 3.38. The largest absolute Gasteiger partial charge is 0.338 e. The molecule has 1 aromatic heterocycles. The molecule has 0 spiro atoms. The second-order valence-electron chi connectivity index (χ2n) is 3.38. The molecule has 16 heavy (non-hydrogen) atoms. The van der Waals surface area contributed by atoms with Gasteiger partial charge in [0.05, 0.1) is 5.69 Å². The maximum Gasteiger partial charge on any atom is 0.274 e. The highest BCUT2D eigenvalue weighted by molar-refractivity contribution is 6.43. The summed E-state index contributed by atoms with van der Waals surface area (Å²) in [7, 11) is 0. The number of nitrogens with zero attached hydrogens (tertiary/aromatic N) is 2. The number of aryl methyl sites for hydroxylation is 1. The molecule has 0 fully saturated rings. The van der Waals surface area contributed by atoms with E-state index in [0.717, 1.165) is 0 Å². The topological polar surface area (TPSA) is 96.6 Å². The summed E-state index contributed by atoms with van der Waals surface area (Å²) in [5.74, 6) is -0.315. The standard InChI is InChI=1S/C9H10N4O3/c1-5-4-8(16-13-5)10-9(15)6-2-3-7(14)12-11-6/h4H,2-3H2,1H3,(H,10,15)(H,12,14). The third kappa shape index (κ3) is 2.25. The minimum atomic E-state index is -0.392. The van der Waals surface area contributed by atoms with E-state index in [9.17, 15) is 9.59 Å². The lowest BCUT2D eigenvalue weighted by Crippen LogP contribution is -2.32. The monoisotopic (exact) mass is 222 g/mol. The zero-order chi connectivity index (χ0) is 11.5. The molecule has 0 saturated carbocycles. The van der Waals surface area contributed by atoms with Crippen LogP contribution in [0, 0.1) is 6.92 Å². The molecule has 2 N–H and O–H groups in total. The summed E-state index contributed by atoms with van der Waals surface area (Å²) in [5, 5.41) is 9.78. The van der Waals surface area contributed by atoms with Crippen molar-refractivity contribution in [2.24, 2.45) is 5.10 Å². The van der Waals surface area contributed by atoms with Gasteiger partial charge in [0.15, 0.2) is 0 Å². The maximum atomic E-state index is 11.6. The van der Waals surface area contributed by atoms with Crippen molar-refractivity contribution in [3.63, 3.8) is 0 Å². The molecule has 7 nitrogen and oxygen atoms in total. The fourth-order valence-electron chi connectivity index (χ4n) is 1.24. The molecule has 0 saturated heterocycles. The van der Waals surface area contributed by atoms with Crippen LogP contribution in [-0.4, -0.2) is 22.7 Å². The first-order valence-corrected chi connectivity index (χ1v) is 4.75. The number of aromatic nitrogens is 1. The third-order valence-corrected chi connectivity index (χ3v) is 2.03. The molecular formula is C9H10N4O3. The first-order valence-electron chi connectivity index (χ1n) is 4.75. The fraction of sp³-hybridized carbons (Fsp3) is 0.333. The molecule has 84 valence electrons. The summed E-state index contributed by atoms with van der Waals surface area (Å²) in [5.41, 5.74) is 3.19. The number of carbonyl (C=O) groups excluding carboxylic acids is 2. The number of hydrogen-bond donors (Lipinski definition) is 2. The van der Waals surface area contributed by atoms with Gasteiger partial charge in [-0.2, -0.15) is 5.10 Å². The normalized spacial score (nSPS) is 15.3. The molecule has 0 aliphatic carbocycles. The molecule has 0 radical (unpaired) electrons. The molecule has 2 amide bonds. The van der Waals surface area contributed by atoms with Crippen molar-refractivity contribution >= 4 is 23.4 Å². The summed E-state index contributed by atoms with van der Waals surface area (Å²) in [4.78, 5) is 22.4. The zero-order valence-electron chi connectivity index (χ0n) is 8.61. The summed E-state index contributed by atoms with van der Waals surface area (Å²) in [6.07, 6.45) is 0.590. The van der Waals surface area contributed by atoms with Gasteiger partial charge in [0, 0.05) is 18.9 Å². The van der Waals surface area contributed by atoms with Crippen LogP contribution in [0.3, 0.4) is 0 Å². The Morgan fingerprint density at radius 3 is 2.94 bits per heavy atom. The molecule has 0 unspecified atom stereocenters. The molecule has 7 heteroatoms. The van der Waals surface area contributed by atoms with Crippen LogP contribution in [0.25, 0.3) is 0 Å². The highest BCUT2D eigenvalue weighted by atomic mass is 16.5. The van der Waals surface area contributed by atoms with Crippen LogP contribution in [0.2, 0.25) is 0 Å². The van der Waals surface area contributed by atoms with E-state index >= 15 is 0 Å². The average Bonchev–Trinajstić information content (AvgIpc) is 2.65. The lowest BCUT2D eigenvalue weighted by molar-refractivity contribution is -0.121. The number of carbonyl (C=O) groups is 2. The van der Waals surface area contributed by atoms with E-state index in [1.165, 1.54) is 0 Å². The Morgan fingerprint density at radius 1 is 1.56 bits per heavy atom. The Morgan fingerprint density at radius 2 is 2.38 bits per heavy atom.